The molecule has 2 aromatic carbocycles. The molecule has 7 nitrogen and oxygen atoms in total. The van der Waals surface area contributed by atoms with Gasteiger partial charge < -0.3 is 4.90 Å². The lowest BCUT2D eigenvalue weighted by atomic mass is 10.1. The highest BCUT2D eigenvalue weighted by Crippen LogP contribution is 2.33. The van der Waals surface area contributed by atoms with E-state index in [4.69, 9.17) is 0 Å². The molecule has 0 saturated heterocycles. The number of anilines is 1. The SMILES string of the molecule is CC(=O)N1c2ccc(S(=O)(=O)NCc3ccc(-n4cccn4)cc3)cc2CC1C. The Balaban J connectivity index is 1.48. The van der Waals surface area contributed by atoms with E-state index in [9.17, 15) is 13.2 Å². The molecule has 1 aliphatic rings. The van der Waals surface area contributed by atoms with Gasteiger partial charge in [0, 0.05) is 37.6 Å². The number of nitrogens with one attached hydrogen (secondary N) is 1. The number of hydrogen-bond donors (Lipinski definition) is 1. The van der Waals surface area contributed by atoms with E-state index in [1.807, 2.05) is 43.5 Å². The van der Waals surface area contributed by atoms with Crippen LogP contribution in [-0.2, 0) is 27.8 Å². The summed E-state index contributed by atoms with van der Waals surface area (Å²) < 4.78 is 29.9. The fraction of sp³-hybridized carbons (Fsp3) is 0.238. The molecule has 4 rings (SSSR count). The van der Waals surface area contributed by atoms with E-state index in [0.717, 1.165) is 22.5 Å². The molecule has 0 aliphatic carbocycles. The number of hydrogen-bond acceptors (Lipinski definition) is 4. The molecular formula is C21H22N4O3S. The first-order chi connectivity index (χ1) is 13.8. The number of benzene rings is 2. The molecule has 1 atom stereocenters. The summed E-state index contributed by atoms with van der Waals surface area (Å²) in [6, 6.07) is 14.3. The highest BCUT2D eigenvalue weighted by molar-refractivity contribution is 7.89. The number of carbonyl (C=O) groups is 1. The molecule has 0 saturated carbocycles. The van der Waals surface area contributed by atoms with Crippen LogP contribution in [-0.4, -0.2) is 30.1 Å². The van der Waals surface area contributed by atoms with Gasteiger partial charge in [0.2, 0.25) is 15.9 Å². The summed E-state index contributed by atoms with van der Waals surface area (Å²) >= 11 is 0. The minimum Gasteiger partial charge on any atom is -0.309 e. The molecule has 8 heteroatoms. The van der Waals surface area contributed by atoms with Crippen molar-refractivity contribution in [3.8, 4) is 5.69 Å². The Kier molecular flexibility index (Phi) is 4.97. The average molecular weight is 410 g/mol. The van der Waals surface area contributed by atoms with E-state index < -0.39 is 10.0 Å². The Morgan fingerprint density at radius 2 is 1.97 bits per heavy atom. The number of sulfonamides is 1. The van der Waals surface area contributed by atoms with Crippen LogP contribution in [0.5, 0.6) is 0 Å². The molecule has 1 amide bonds. The summed E-state index contributed by atoms with van der Waals surface area (Å²) in [6.45, 7) is 3.67. The normalized spacial score (nSPS) is 16.1. The molecule has 150 valence electrons. The molecule has 1 unspecified atom stereocenters. The average Bonchev–Trinajstić information content (AvgIpc) is 3.33. The first-order valence-electron chi connectivity index (χ1n) is 9.36. The second-order valence-corrected chi connectivity index (χ2v) is 8.94. The summed E-state index contributed by atoms with van der Waals surface area (Å²) in [7, 11) is -3.66. The number of aromatic nitrogens is 2. The van der Waals surface area contributed by atoms with E-state index in [1.54, 1.807) is 34.0 Å². The Bertz CT molecular complexity index is 1140. The predicted molar refractivity (Wildman–Crippen MR) is 110 cm³/mol. The zero-order valence-corrected chi connectivity index (χ0v) is 17.1. The maximum Gasteiger partial charge on any atom is 0.240 e. The molecule has 0 bridgehead atoms. The third-order valence-electron chi connectivity index (χ3n) is 5.09. The van der Waals surface area contributed by atoms with Crippen molar-refractivity contribution in [3.05, 3.63) is 72.1 Å². The van der Waals surface area contributed by atoms with Crippen molar-refractivity contribution in [1.29, 1.82) is 0 Å². The quantitative estimate of drug-likeness (QED) is 0.701. The van der Waals surface area contributed by atoms with Gasteiger partial charge in [-0.15, -0.1) is 0 Å². The first-order valence-corrected chi connectivity index (χ1v) is 10.8. The molecule has 1 aliphatic heterocycles. The van der Waals surface area contributed by atoms with Gasteiger partial charge in [-0.1, -0.05) is 12.1 Å². The van der Waals surface area contributed by atoms with Crippen LogP contribution in [0.4, 0.5) is 5.69 Å². The fourth-order valence-corrected chi connectivity index (χ4v) is 4.77. The predicted octanol–water partition coefficient (Wildman–Crippen LogP) is 2.65. The molecule has 0 spiro atoms. The minimum absolute atomic E-state index is 0.0294. The highest BCUT2D eigenvalue weighted by atomic mass is 32.2. The zero-order chi connectivity index (χ0) is 20.6. The van der Waals surface area contributed by atoms with Crippen LogP contribution in [0.15, 0.2) is 65.8 Å². The lowest BCUT2D eigenvalue weighted by Crippen LogP contribution is -2.33. The van der Waals surface area contributed by atoms with E-state index in [-0.39, 0.29) is 23.4 Å². The monoisotopic (exact) mass is 410 g/mol. The van der Waals surface area contributed by atoms with Crippen molar-refractivity contribution in [2.24, 2.45) is 0 Å². The zero-order valence-electron chi connectivity index (χ0n) is 16.2. The largest absolute Gasteiger partial charge is 0.309 e. The summed E-state index contributed by atoms with van der Waals surface area (Å²) in [5, 5.41) is 4.17. The maximum absolute atomic E-state index is 12.8. The fourth-order valence-electron chi connectivity index (χ4n) is 3.70. The third-order valence-corrected chi connectivity index (χ3v) is 6.49. The van der Waals surface area contributed by atoms with E-state index in [2.05, 4.69) is 9.82 Å². The van der Waals surface area contributed by atoms with Crippen molar-refractivity contribution in [1.82, 2.24) is 14.5 Å². The molecule has 1 aromatic heterocycles. The lowest BCUT2D eigenvalue weighted by molar-refractivity contribution is -0.116. The van der Waals surface area contributed by atoms with Gasteiger partial charge in [-0.05, 0) is 60.9 Å². The van der Waals surface area contributed by atoms with Gasteiger partial charge in [-0.2, -0.15) is 5.10 Å². The van der Waals surface area contributed by atoms with Crippen LogP contribution >= 0.6 is 0 Å². The van der Waals surface area contributed by atoms with E-state index in [1.165, 1.54) is 6.92 Å². The van der Waals surface area contributed by atoms with Crippen LogP contribution in [0.2, 0.25) is 0 Å². The number of nitrogens with zero attached hydrogens (tertiary/aromatic N) is 3. The topological polar surface area (TPSA) is 84.3 Å². The second-order valence-electron chi connectivity index (χ2n) is 7.17. The maximum atomic E-state index is 12.8. The molecule has 2 heterocycles. The van der Waals surface area contributed by atoms with Crippen molar-refractivity contribution in [3.63, 3.8) is 0 Å². The standard InChI is InChI=1S/C21H22N4O3S/c1-15-12-18-13-20(8-9-21(18)25(15)16(2)26)29(27,28)23-14-17-4-6-19(7-5-17)24-11-3-10-22-24/h3-11,13,15,23H,12,14H2,1-2H3. The number of amides is 1. The Morgan fingerprint density at radius 1 is 1.21 bits per heavy atom. The van der Waals surface area contributed by atoms with Gasteiger partial charge in [-0.25, -0.2) is 17.8 Å². The summed E-state index contributed by atoms with van der Waals surface area (Å²) in [6.07, 6.45) is 4.20. The Morgan fingerprint density at radius 3 is 2.62 bits per heavy atom. The Labute approximate surface area is 170 Å². The van der Waals surface area contributed by atoms with E-state index in [0.29, 0.717) is 6.42 Å². The summed E-state index contributed by atoms with van der Waals surface area (Å²) in [5.74, 6) is -0.0384. The summed E-state index contributed by atoms with van der Waals surface area (Å²) in [4.78, 5) is 13.8. The van der Waals surface area contributed by atoms with Crippen LogP contribution in [0, 0.1) is 0 Å². The van der Waals surface area contributed by atoms with Crippen LogP contribution < -0.4 is 9.62 Å². The Hall–Kier alpha value is -2.97. The molecule has 0 radical (unpaired) electrons. The lowest BCUT2D eigenvalue weighted by Gasteiger charge is -2.20. The van der Waals surface area contributed by atoms with Gasteiger partial charge in [0.25, 0.3) is 0 Å². The van der Waals surface area contributed by atoms with Gasteiger partial charge in [-0.3, -0.25) is 4.79 Å². The van der Waals surface area contributed by atoms with Crippen molar-refractivity contribution < 1.29 is 13.2 Å². The van der Waals surface area contributed by atoms with Crippen LogP contribution in [0.25, 0.3) is 5.69 Å². The molecule has 1 N–H and O–H groups in total. The minimum atomic E-state index is -3.66. The molecular weight excluding hydrogens is 388 g/mol. The highest BCUT2D eigenvalue weighted by Gasteiger charge is 2.30. The van der Waals surface area contributed by atoms with Crippen LogP contribution in [0.3, 0.4) is 0 Å². The number of carbonyl (C=O) groups excluding carboxylic acids is 1. The smallest absolute Gasteiger partial charge is 0.240 e. The third kappa shape index (κ3) is 3.81. The van der Waals surface area contributed by atoms with Gasteiger partial charge in [0.15, 0.2) is 0 Å². The van der Waals surface area contributed by atoms with Gasteiger partial charge in [0.1, 0.15) is 0 Å². The van der Waals surface area contributed by atoms with Gasteiger partial charge >= 0.3 is 0 Å². The van der Waals surface area contributed by atoms with Gasteiger partial charge in [0.05, 0.1) is 10.6 Å². The van der Waals surface area contributed by atoms with Crippen LogP contribution in [0.1, 0.15) is 25.0 Å². The second kappa shape index (κ2) is 7.46. The van der Waals surface area contributed by atoms with Crippen molar-refractivity contribution >= 4 is 21.6 Å². The first kappa shape index (κ1) is 19.4. The summed E-state index contributed by atoms with van der Waals surface area (Å²) in [5.41, 5.74) is 3.42. The van der Waals surface area contributed by atoms with Crippen molar-refractivity contribution in [2.75, 3.05) is 4.90 Å². The molecule has 29 heavy (non-hydrogen) atoms. The van der Waals surface area contributed by atoms with Crippen molar-refractivity contribution in [2.45, 2.75) is 37.8 Å². The molecule has 3 aromatic rings. The number of rotatable bonds is 5. The van der Waals surface area contributed by atoms with E-state index >= 15 is 0 Å². The molecule has 0 fully saturated rings. The number of fused-ring (bicyclic) bond motifs is 1.